The first-order chi connectivity index (χ1) is 27.2. The van der Waals surface area contributed by atoms with E-state index in [1.165, 1.54) is 27.6 Å². The second kappa shape index (κ2) is 21.0. The van der Waals surface area contributed by atoms with Crippen molar-refractivity contribution in [1.29, 1.82) is 0 Å². The number of benzene rings is 4. The van der Waals surface area contributed by atoms with Crippen LogP contribution in [0, 0.1) is 0 Å². The van der Waals surface area contributed by atoms with Crippen LogP contribution in [0.15, 0.2) is 88.5 Å². The fraction of sp³-hybridized carbons (Fsp3) is 0.300. The Kier molecular flexibility index (Phi) is 15.9. The Balaban J connectivity index is 0.000000215. The summed E-state index contributed by atoms with van der Waals surface area (Å²) in [7, 11) is 0. The van der Waals surface area contributed by atoms with E-state index in [2.05, 4.69) is 0 Å². The summed E-state index contributed by atoms with van der Waals surface area (Å²) in [4.78, 5) is 52.8. The second-order valence-electron chi connectivity index (χ2n) is 12.2. The second-order valence-corrected chi connectivity index (χ2v) is 14.7. The van der Waals surface area contributed by atoms with Crippen LogP contribution in [0.25, 0.3) is 40.3 Å². The average molecular weight is 825 g/mol. The molecule has 6 rings (SSSR count). The fourth-order valence-corrected chi connectivity index (χ4v) is 8.27. The van der Waals surface area contributed by atoms with Gasteiger partial charge in [-0.3, -0.25) is 19.3 Å². The van der Waals surface area contributed by atoms with Crippen molar-refractivity contribution in [3.63, 3.8) is 0 Å². The fourth-order valence-electron chi connectivity index (χ4n) is 5.75. The first-order valence-corrected chi connectivity index (χ1v) is 19.6. The molecule has 0 aliphatic carbocycles. The molecule has 4 N–H and O–H groups in total. The number of hydrogen-bond donors (Lipinski definition) is 4. The molecule has 0 spiro atoms. The Morgan fingerprint density at radius 2 is 1.25 bits per heavy atom. The monoisotopic (exact) mass is 824 g/mol. The smallest absolute Gasteiger partial charge is 0.344 e. The topological polar surface area (TPSA) is 183 Å². The number of halogens is 1. The van der Waals surface area contributed by atoms with Crippen molar-refractivity contribution < 1.29 is 44.2 Å². The molecule has 1 amide bonds. The molecule has 6 aromatic rings. The van der Waals surface area contributed by atoms with E-state index in [9.17, 15) is 19.2 Å². The van der Waals surface area contributed by atoms with Crippen molar-refractivity contribution in [3.8, 4) is 11.5 Å². The van der Waals surface area contributed by atoms with E-state index in [1.54, 1.807) is 47.4 Å². The summed E-state index contributed by atoms with van der Waals surface area (Å²) in [6, 6.07) is 23.1. The van der Waals surface area contributed by atoms with Gasteiger partial charge in [-0.05, 0) is 54.6 Å². The van der Waals surface area contributed by atoms with Gasteiger partial charge in [-0.2, -0.15) is 0 Å². The van der Waals surface area contributed by atoms with Crippen LogP contribution < -0.4 is 20.3 Å². The van der Waals surface area contributed by atoms with Crippen LogP contribution in [-0.4, -0.2) is 121 Å². The van der Waals surface area contributed by atoms with Crippen molar-refractivity contribution >= 4 is 86.5 Å². The summed E-state index contributed by atoms with van der Waals surface area (Å²) in [6.07, 6.45) is 0. The van der Waals surface area contributed by atoms with E-state index in [4.69, 9.17) is 46.2 Å². The number of fused-ring (bicyclic) bond motifs is 4. The number of hydrogen-bond acceptors (Lipinski definition) is 14. The minimum absolute atomic E-state index is 0.0309. The zero-order valence-electron chi connectivity index (χ0n) is 30.2. The first kappa shape index (κ1) is 42.4. The molecule has 0 radical (unpaired) electrons. The van der Waals surface area contributed by atoms with Gasteiger partial charge in [-0.1, -0.05) is 35.9 Å². The van der Waals surface area contributed by atoms with Crippen LogP contribution in [0.4, 0.5) is 0 Å². The molecule has 0 fully saturated rings. The third-order valence-electron chi connectivity index (χ3n) is 8.49. The average Bonchev–Trinajstić information content (AvgIpc) is 3.20. The van der Waals surface area contributed by atoms with Crippen molar-refractivity contribution in [2.24, 2.45) is 0 Å². The summed E-state index contributed by atoms with van der Waals surface area (Å²) in [5.41, 5.74) is -0.237. The van der Waals surface area contributed by atoms with Crippen LogP contribution in [-0.2, 0) is 14.3 Å². The summed E-state index contributed by atoms with van der Waals surface area (Å²) < 4.78 is 19.5. The highest BCUT2D eigenvalue weighted by atomic mass is 35.5. The SMILES string of the molecule is O=C(COc1ccc(Cl)c2c(=O)c3ccccc3sc12)N(CCO)CCO.O=C(COc1ccc2sc3ccccc3c(=O)c2c1)OCCN(CCO)CCO. The van der Waals surface area contributed by atoms with Crippen LogP contribution in [0.1, 0.15) is 0 Å². The zero-order chi connectivity index (χ0) is 40.0. The largest absolute Gasteiger partial charge is 0.482 e. The number of carbonyl (C=O) groups is 2. The lowest BCUT2D eigenvalue weighted by atomic mass is 10.2. The number of esters is 1. The summed E-state index contributed by atoms with van der Waals surface area (Å²) in [5, 5.41) is 38.5. The van der Waals surface area contributed by atoms with Crippen molar-refractivity contribution in [2.75, 3.05) is 79.0 Å². The number of ether oxygens (including phenoxy) is 3. The van der Waals surface area contributed by atoms with Gasteiger partial charge in [-0.15, -0.1) is 22.7 Å². The lowest BCUT2D eigenvalue weighted by molar-refractivity contribution is -0.146. The molecular formula is C40H41ClN2O11S2. The summed E-state index contributed by atoms with van der Waals surface area (Å²) in [6.45, 7) is 0.568. The molecule has 0 aliphatic rings. The minimum Gasteiger partial charge on any atom is -0.482 e. The molecule has 0 aliphatic heterocycles. The third kappa shape index (κ3) is 10.8. The van der Waals surface area contributed by atoms with Gasteiger partial charge in [0.05, 0.1) is 41.5 Å². The molecule has 0 saturated heterocycles. The first-order valence-electron chi connectivity index (χ1n) is 17.6. The molecule has 2 heterocycles. The number of aliphatic hydroxyl groups excluding tert-OH is 4. The Labute approximate surface area is 334 Å². The van der Waals surface area contributed by atoms with Gasteiger partial charge >= 0.3 is 5.97 Å². The molecule has 13 nitrogen and oxygen atoms in total. The highest BCUT2D eigenvalue weighted by Crippen LogP contribution is 2.36. The quantitative estimate of drug-likeness (QED) is 0.0771. The van der Waals surface area contributed by atoms with Crippen LogP contribution in [0.2, 0.25) is 5.02 Å². The molecule has 0 unspecified atom stereocenters. The van der Waals surface area contributed by atoms with E-state index >= 15 is 0 Å². The summed E-state index contributed by atoms with van der Waals surface area (Å²) in [5.74, 6) is -0.0733. The van der Waals surface area contributed by atoms with E-state index in [1.807, 2.05) is 36.4 Å². The highest BCUT2D eigenvalue weighted by molar-refractivity contribution is 7.25. The van der Waals surface area contributed by atoms with Gasteiger partial charge in [-0.25, -0.2) is 4.79 Å². The van der Waals surface area contributed by atoms with Crippen LogP contribution in [0.3, 0.4) is 0 Å². The zero-order valence-corrected chi connectivity index (χ0v) is 32.6. The third-order valence-corrected chi connectivity index (χ3v) is 11.1. The highest BCUT2D eigenvalue weighted by Gasteiger charge is 2.17. The number of rotatable bonds is 17. The lowest BCUT2D eigenvalue weighted by Gasteiger charge is -2.21. The standard InChI is InChI=1S/C21H23NO6S.C19H18ClNO5S/c23-10-7-22(8-11-24)9-12-27-20(25)14-28-15-5-6-19-17(13-15)21(26)16-3-1-2-4-18(16)29-19;20-13-5-6-14(26-11-16(24)21(7-9-22)8-10-23)19-17(13)18(25)12-3-1-2-4-15(12)27-19/h1-6,13,23-24H,7-12,14H2;1-6,22-23H,7-11H2. The van der Waals surface area contributed by atoms with Crippen molar-refractivity contribution in [1.82, 2.24) is 9.80 Å². The van der Waals surface area contributed by atoms with Gasteiger partial charge in [0.2, 0.25) is 0 Å². The van der Waals surface area contributed by atoms with Gasteiger partial charge < -0.3 is 39.5 Å². The molecule has 0 bridgehead atoms. The molecule has 296 valence electrons. The van der Waals surface area contributed by atoms with E-state index < -0.39 is 5.97 Å². The number of nitrogens with zero attached hydrogens (tertiary/aromatic N) is 2. The van der Waals surface area contributed by atoms with Crippen molar-refractivity contribution in [3.05, 3.63) is 104 Å². The molecular weight excluding hydrogens is 784 g/mol. The molecule has 16 heteroatoms. The van der Waals surface area contributed by atoms with Gasteiger partial charge in [0.15, 0.2) is 24.1 Å². The van der Waals surface area contributed by atoms with E-state index in [0.29, 0.717) is 62.4 Å². The van der Waals surface area contributed by atoms with Gasteiger partial charge in [0, 0.05) is 63.0 Å². The van der Waals surface area contributed by atoms with E-state index in [-0.39, 0.29) is 76.1 Å². The predicted octanol–water partition coefficient (Wildman–Crippen LogP) is 3.88. The van der Waals surface area contributed by atoms with Gasteiger partial charge in [0.25, 0.3) is 5.91 Å². The van der Waals surface area contributed by atoms with Gasteiger partial charge in [0.1, 0.15) is 18.1 Å². The van der Waals surface area contributed by atoms with Crippen molar-refractivity contribution in [2.45, 2.75) is 0 Å². The maximum absolute atomic E-state index is 12.8. The maximum atomic E-state index is 12.8. The molecule has 2 aromatic heterocycles. The minimum atomic E-state index is -0.526. The van der Waals surface area contributed by atoms with Crippen LogP contribution >= 0.6 is 34.3 Å². The maximum Gasteiger partial charge on any atom is 0.344 e. The van der Waals surface area contributed by atoms with E-state index in [0.717, 1.165) is 14.1 Å². The molecule has 0 saturated carbocycles. The lowest BCUT2D eigenvalue weighted by Crippen LogP contribution is -2.38. The molecule has 4 aromatic carbocycles. The number of carbonyl (C=O) groups excluding carboxylic acids is 2. The normalized spacial score (nSPS) is 11.2. The Morgan fingerprint density at radius 3 is 1.91 bits per heavy atom. The Hall–Kier alpha value is -4.71. The number of aliphatic hydroxyl groups is 4. The van der Waals surface area contributed by atoms with Crippen LogP contribution in [0.5, 0.6) is 11.5 Å². The number of amides is 1. The predicted molar refractivity (Wildman–Crippen MR) is 220 cm³/mol. The summed E-state index contributed by atoms with van der Waals surface area (Å²) >= 11 is 9.16. The molecule has 0 atom stereocenters. The molecule has 56 heavy (non-hydrogen) atoms. The Morgan fingerprint density at radius 1 is 0.643 bits per heavy atom. The Bertz CT molecular complexity index is 2390.